The maximum atomic E-state index is 11.8. The highest BCUT2D eigenvalue weighted by Gasteiger charge is 2.45. The molecule has 0 radical (unpaired) electrons. The Morgan fingerprint density at radius 2 is 2.06 bits per heavy atom. The first-order chi connectivity index (χ1) is 7.29. The van der Waals surface area contributed by atoms with Gasteiger partial charge in [-0.15, -0.1) is 0 Å². The number of nitrogens with one attached hydrogen (secondary N) is 1. The number of hydrogen-bond acceptors (Lipinski definition) is 3. The van der Waals surface area contributed by atoms with E-state index in [1.807, 2.05) is 0 Å². The lowest BCUT2D eigenvalue weighted by atomic mass is 10.1. The average Bonchev–Trinajstić information content (AvgIpc) is 2.80. The lowest BCUT2D eigenvalue weighted by molar-refractivity contribution is 0.447. The maximum absolute atomic E-state index is 11.8. The molecule has 1 atom stereocenters. The SMILES string of the molecule is CN(CCCN)S(=O)(=O)NCC1CC1(C)C. The van der Waals surface area contributed by atoms with Crippen molar-refractivity contribution in [2.45, 2.75) is 26.7 Å². The molecule has 1 saturated carbocycles. The molecule has 0 aromatic rings. The van der Waals surface area contributed by atoms with E-state index in [0.717, 1.165) is 6.42 Å². The van der Waals surface area contributed by atoms with Crippen LogP contribution in [-0.2, 0) is 10.2 Å². The van der Waals surface area contributed by atoms with Crippen molar-refractivity contribution in [3.63, 3.8) is 0 Å². The van der Waals surface area contributed by atoms with Gasteiger partial charge < -0.3 is 5.73 Å². The molecule has 1 fully saturated rings. The summed E-state index contributed by atoms with van der Waals surface area (Å²) in [6.45, 7) is 5.84. The highest BCUT2D eigenvalue weighted by molar-refractivity contribution is 7.87. The van der Waals surface area contributed by atoms with E-state index in [9.17, 15) is 8.42 Å². The van der Waals surface area contributed by atoms with Crippen LogP contribution in [0, 0.1) is 11.3 Å². The summed E-state index contributed by atoms with van der Waals surface area (Å²) in [7, 11) is -1.73. The van der Waals surface area contributed by atoms with Crippen molar-refractivity contribution < 1.29 is 8.42 Å². The van der Waals surface area contributed by atoms with Crippen LogP contribution in [0.25, 0.3) is 0 Å². The summed E-state index contributed by atoms with van der Waals surface area (Å²) < 4.78 is 27.5. The van der Waals surface area contributed by atoms with Crippen LogP contribution >= 0.6 is 0 Å². The van der Waals surface area contributed by atoms with Crippen LogP contribution in [0.1, 0.15) is 26.7 Å². The molecule has 3 N–H and O–H groups in total. The van der Waals surface area contributed by atoms with E-state index in [4.69, 9.17) is 5.73 Å². The molecule has 6 heteroatoms. The van der Waals surface area contributed by atoms with Gasteiger partial charge in [0.1, 0.15) is 0 Å². The highest BCUT2D eigenvalue weighted by atomic mass is 32.2. The second-order valence-electron chi connectivity index (χ2n) is 5.21. The number of nitrogens with two attached hydrogens (primary N) is 1. The molecule has 1 rings (SSSR count). The fourth-order valence-electron chi connectivity index (χ4n) is 1.67. The lowest BCUT2D eigenvalue weighted by Gasteiger charge is -2.17. The minimum Gasteiger partial charge on any atom is -0.330 e. The van der Waals surface area contributed by atoms with Crippen molar-refractivity contribution >= 4 is 10.2 Å². The fraction of sp³-hybridized carbons (Fsp3) is 1.00. The summed E-state index contributed by atoms with van der Waals surface area (Å²) in [5.41, 5.74) is 5.65. The van der Waals surface area contributed by atoms with E-state index >= 15 is 0 Å². The summed E-state index contributed by atoms with van der Waals surface area (Å²) in [4.78, 5) is 0. The lowest BCUT2D eigenvalue weighted by Crippen LogP contribution is -2.40. The molecule has 16 heavy (non-hydrogen) atoms. The molecule has 0 aromatic heterocycles. The zero-order valence-electron chi connectivity index (χ0n) is 10.4. The Morgan fingerprint density at radius 3 is 2.50 bits per heavy atom. The minimum absolute atomic E-state index is 0.304. The highest BCUT2D eigenvalue weighted by Crippen LogP contribution is 2.51. The summed E-state index contributed by atoms with van der Waals surface area (Å²) >= 11 is 0. The summed E-state index contributed by atoms with van der Waals surface area (Å²) in [6.07, 6.45) is 1.79. The third-order valence-corrected chi connectivity index (χ3v) is 4.85. The molecule has 1 aliphatic rings. The van der Waals surface area contributed by atoms with Crippen molar-refractivity contribution in [1.82, 2.24) is 9.03 Å². The third-order valence-electron chi connectivity index (χ3n) is 3.32. The topological polar surface area (TPSA) is 75.4 Å². The van der Waals surface area contributed by atoms with E-state index in [-0.39, 0.29) is 0 Å². The van der Waals surface area contributed by atoms with Gasteiger partial charge in [0.05, 0.1) is 0 Å². The van der Waals surface area contributed by atoms with Gasteiger partial charge in [-0.1, -0.05) is 13.8 Å². The van der Waals surface area contributed by atoms with Crippen molar-refractivity contribution in [3.8, 4) is 0 Å². The number of rotatable bonds is 7. The van der Waals surface area contributed by atoms with E-state index in [1.165, 1.54) is 4.31 Å². The molecular formula is C10H23N3O2S. The standard InChI is InChI=1S/C10H23N3O2S/c1-10(2)7-9(10)8-12-16(14,15)13(3)6-4-5-11/h9,12H,4-8,11H2,1-3H3. The molecule has 96 valence electrons. The van der Waals surface area contributed by atoms with Crippen LogP contribution in [0.15, 0.2) is 0 Å². The monoisotopic (exact) mass is 249 g/mol. The molecular weight excluding hydrogens is 226 g/mol. The number of nitrogens with zero attached hydrogens (tertiary/aromatic N) is 1. The summed E-state index contributed by atoms with van der Waals surface area (Å²) in [5.74, 6) is 0.477. The van der Waals surface area contributed by atoms with E-state index in [2.05, 4.69) is 18.6 Å². The number of hydrogen-bond donors (Lipinski definition) is 2. The molecule has 0 heterocycles. The van der Waals surface area contributed by atoms with Crippen LogP contribution in [0.2, 0.25) is 0 Å². The van der Waals surface area contributed by atoms with Crippen molar-refractivity contribution in [1.29, 1.82) is 0 Å². The Morgan fingerprint density at radius 1 is 1.50 bits per heavy atom. The molecule has 0 saturated heterocycles. The third kappa shape index (κ3) is 3.69. The quantitative estimate of drug-likeness (QED) is 0.674. The van der Waals surface area contributed by atoms with Crippen molar-refractivity contribution in [2.75, 3.05) is 26.7 Å². The normalized spacial score (nSPS) is 23.7. The summed E-state index contributed by atoms with van der Waals surface area (Å²) in [6, 6.07) is 0. The zero-order valence-corrected chi connectivity index (χ0v) is 11.2. The van der Waals surface area contributed by atoms with Crippen LogP contribution in [0.3, 0.4) is 0 Å². The average molecular weight is 249 g/mol. The van der Waals surface area contributed by atoms with E-state index in [0.29, 0.717) is 37.4 Å². The van der Waals surface area contributed by atoms with Crippen LogP contribution in [0.5, 0.6) is 0 Å². The first-order valence-corrected chi connectivity index (χ1v) is 7.14. The van der Waals surface area contributed by atoms with Gasteiger partial charge in [0, 0.05) is 20.1 Å². The molecule has 0 bridgehead atoms. The van der Waals surface area contributed by atoms with Crippen LogP contribution in [-0.4, -0.2) is 39.4 Å². The van der Waals surface area contributed by atoms with Crippen LogP contribution < -0.4 is 10.5 Å². The molecule has 0 aliphatic heterocycles. The first-order valence-electron chi connectivity index (χ1n) is 5.70. The predicted molar refractivity (Wildman–Crippen MR) is 65.1 cm³/mol. The maximum Gasteiger partial charge on any atom is 0.279 e. The van der Waals surface area contributed by atoms with Gasteiger partial charge in [-0.3, -0.25) is 0 Å². The second-order valence-corrected chi connectivity index (χ2v) is 7.07. The minimum atomic E-state index is -3.31. The van der Waals surface area contributed by atoms with E-state index in [1.54, 1.807) is 7.05 Å². The van der Waals surface area contributed by atoms with Gasteiger partial charge in [0.15, 0.2) is 0 Å². The molecule has 0 aromatic carbocycles. The van der Waals surface area contributed by atoms with Crippen LogP contribution in [0.4, 0.5) is 0 Å². The fourth-order valence-corrected chi connectivity index (χ4v) is 2.68. The molecule has 5 nitrogen and oxygen atoms in total. The van der Waals surface area contributed by atoms with Gasteiger partial charge in [0.25, 0.3) is 10.2 Å². The zero-order chi connectivity index (χ0) is 12.4. The van der Waals surface area contributed by atoms with Gasteiger partial charge in [-0.25, -0.2) is 4.72 Å². The van der Waals surface area contributed by atoms with Gasteiger partial charge in [-0.05, 0) is 30.7 Å². The largest absolute Gasteiger partial charge is 0.330 e. The predicted octanol–water partition coefficient (Wildman–Crippen LogP) is 0.148. The Kier molecular flexibility index (Phi) is 4.34. The Labute approximate surface area is 98.6 Å². The Bertz CT molecular complexity index is 327. The van der Waals surface area contributed by atoms with Crippen molar-refractivity contribution in [2.24, 2.45) is 17.1 Å². The van der Waals surface area contributed by atoms with Gasteiger partial charge in [0.2, 0.25) is 0 Å². The molecule has 1 aliphatic carbocycles. The molecule has 0 amide bonds. The van der Waals surface area contributed by atoms with Crippen molar-refractivity contribution in [3.05, 3.63) is 0 Å². The van der Waals surface area contributed by atoms with Gasteiger partial charge in [-0.2, -0.15) is 12.7 Å². The molecule has 1 unspecified atom stereocenters. The smallest absolute Gasteiger partial charge is 0.279 e. The Hall–Kier alpha value is -0.170. The van der Waals surface area contributed by atoms with Gasteiger partial charge >= 0.3 is 0 Å². The second kappa shape index (κ2) is 5.00. The summed E-state index contributed by atoms with van der Waals surface area (Å²) in [5, 5.41) is 0. The van der Waals surface area contributed by atoms with E-state index < -0.39 is 10.2 Å². The first kappa shape index (κ1) is 13.9. The Balaban J connectivity index is 2.34. The molecule has 0 spiro atoms.